The predicted molar refractivity (Wildman–Crippen MR) is 114 cm³/mol. The average Bonchev–Trinajstić information content (AvgIpc) is 3.53. The molecule has 8 nitrogen and oxygen atoms in total. The van der Waals surface area contributed by atoms with Crippen LogP contribution in [0.2, 0.25) is 0 Å². The summed E-state index contributed by atoms with van der Waals surface area (Å²) in [5.41, 5.74) is 2.45. The lowest BCUT2D eigenvalue weighted by Gasteiger charge is -2.36. The second-order valence-electron chi connectivity index (χ2n) is 8.58. The lowest BCUT2D eigenvalue weighted by atomic mass is 9.72. The number of carbonyl (C=O) groups is 1. The summed E-state index contributed by atoms with van der Waals surface area (Å²) < 4.78 is 13.6. The Morgan fingerprint density at radius 2 is 1.94 bits per heavy atom. The van der Waals surface area contributed by atoms with Gasteiger partial charge in [-0.1, -0.05) is 17.7 Å². The van der Waals surface area contributed by atoms with E-state index in [0.29, 0.717) is 43.8 Å². The molecular weight excluding hydrogens is 394 g/mol. The second-order valence-corrected chi connectivity index (χ2v) is 8.58. The van der Waals surface area contributed by atoms with Crippen LogP contribution in [-0.4, -0.2) is 57.1 Å². The number of ether oxygens (including phenoxy) is 1. The Hall–Kier alpha value is -3.00. The van der Waals surface area contributed by atoms with Gasteiger partial charge in [0.05, 0.1) is 5.92 Å². The smallest absolute Gasteiger partial charge is 0.274 e. The van der Waals surface area contributed by atoms with Gasteiger partial charge in [0, 0.05) is 50.0 Å². The highest BCUT2D eigenvalue weighted by molar-refractivity contribution is 5.92. The van der Waals surface area contributed by atoms with Crippen molar-refractivity contribution >= 4 is 5.91 Å². The first kappa shape index (κ1) is 19.9. The Morgan fingerprint density at radius 1 is 1.16 bits per heavy atom. The third-order valence-electron chi connectivity index (χ3n) is 6.64. The van der Waals surface area contributed by atoms with Gasteiger partial charge in [-0.2, -0.15) is 5.10 Å². The molecule has 5 rings (SSSR count). The van der Waals surface area contributed by atoms with Gasteiger partial charge in [0.15, 0.2) is 0 Å². The number of carbonyl (C=O) groups excluding carboxylic acids is 1. The number of likely N-dealkylation sites (tertiary alicyclic amines) is 1. The lowest BCUT2D eigenvalue weighted by Crippen LogP contribution is -2.37. The number of aromatic nitrogens is 4. The van der Waals surface area contributed by atoms with Crippen LogP contribution in [0, 0.1) is 12.3 Å². The van der Waals surface area contributed by atoms with Crippen molar-refractivity contribution in [2.24, 2.45) is 5.41 Å². The van der Waals surface area contributed by atoms with Crippen molar-refractivity contribution < 1.29 is 13.9 Å². The minimum Gasteiger partial charge on any atom is -0.420 e. The summed E-state index contributed by atoms with van der Waals surface area (Å²) in [5.74, 6) is 1.06. The zero-order valence-corrected chi connectivity index (χ0v) is 18.0. The molecule has 2 fully saturated rings. The fraction of sp³-hybridized carbons (Fsp3) is 0.478. The van der Waals surface area contributed by atoms with Gasteiger partial charge in [-0.15, -0.1) is 10.2 Å². The van der Waals surface area contributed by atoms with Gasteiger partial charge >= 0.3 is 0 Å². The van der Waals surface area contributed by atoms with Crippen LogP contribution >= 0.6 is 0 Å². The molecule has 0 saturated carbocycles. The van der Waals surface area contributed by atoms with E-state index in [9.17, 15) is 4.79 Å². The number of aryl methyl sites for hydroxylation is 2. The molecule has 1 atom stereocenters. The molecule has 2 aliphatic heterocycles. The molecular formula is C23H27N5O3. The summed E-state index contributed by atoms with van der Waals surface area (Å²) in [6.45, 7) is 7.36. The predicted octanol–water partition coefficient (Wildman–Crippen LogP) is 3.30. The van der Waals surface area contributed by atoms with E-state index in [0.717, 1.165) is 24.9 Å². The molecule has 31 heavy (non-hydrogen) atoms. The fourth-order valence-electron chi connectivity index (χ4n) is 4.75. The first-order chi connectivity index (χ1) is 15.1. The second kappa shape index (κ2) is 7.92. The van der Waals surface area contributed by atoms with E-state index < -0.39 is 0 Å². The number of rotatable bonds is 4. The first-order valence-electron chi connectivity index (χ1n) is 10.9. The van der Waals surface area contributed by atoms with Crippen LogP contribution in [0.4, 0.5) is 0 Å². The molecule has 0 N–H and O–H groups in total. The normalized spacial score (nSPS) is 20.5. The topological polar surface area (TPSA) is 86.3 Å². The molecule has 1 spiro atoms. The highest BCUT2D eigenvalue weighted by Gasteiger charge is 2.51. The molecule has 0 bridgehead atoms. The average molecular weight is 422 g/mol. The zero-order chi connectivity index (χ0) is 21.4. The molecule has 8 heteroatoms. The van der Waals surface area contributed by atoms with Crippen LogP contribution in [0.3, 0.4) is 0 Å². The molecule has 162 valence electrons. The summed E-state index contributed by atoms with van der Waals surface area (Å²) in [6.07, 6.45) is 3.58. The van der Waals surface area contributed by atoms with E-state index in [1.54, 1.807) is 10.7 Å². The summed E-state index contributed by atoms with van der Waals surface area (Å²) in [7, 11) is 0. The van der Waals surface area contributed by atoms with Gasteiger partial charge < -0.3 is 14.1 Å². The molecule has 0 aliphatic carbocycles. The van der Waals surface area contributed by atoms with Crippen molar-refractivity contribution in [1.82, 2.24) is 24.9 Å². The Kier molecular flexibility index (Phi) is 5.09. The third kappa shape index (κ3) is 3.65. The fourth-order valence-corrected chi connectivity index (χ4v) is 4.75. The van der Waals surface area contributed by atoms with E-state index >= 15 is 0 Å². The van der Waals surface area contributed by atoms with Gasteiger partial charge in [-0.25, -0.2) is 0 Å². The summed E-state index contributed by atoms with van der Waals surface area (Å²) >= 11 is 0. The van der Waals surface area contributed by atoms with E-state index in [-0.39, 0.29) is 17.2 Å². The summed E-state index contributed by atoms with van der Waals surface area (Å²) in [4.78, 5) is 15.1. The molecule has 2 aliphatic rings. The van der Waals surface area contributed by atoms with Gasteiger partial charge in [0.2, 0.25) is 11.8 Å². The summed E-state index contributed by atoms with van der Waals surface area (Å²) in [6, 6.07) is 9.84. The molecule has 1 amide bonds. The molecule has 2 saturated heterocycles. The van der Waals surface area contributed by atoms with Crippen molar-refractivity contribution in [3.05, 3.63) is 53.7 Å². The number of benzene rings is 1. The van der Waals surface area contributed by atoms with Crippen LogP contribution in [0.5, 0.6) is 0 Å². The van der Waals surface area contributed by atoms with E-state index in [1.165, 1.54) is 5.56 Å². The zero-order valence-electron chi connectivity index (χ0n) is 18.0. The SMILES string of the molecule is CCn1ccc(C(=O)N2CC(c3nnc(-c4ccc(C)cc4)o3)C3(CCOCC3)C2)n1. The Balaban J connectivity index is 1.43. The van der Waals surface area contributed by atoms with Crippen molar-refractivity contribution in [2.75, 3.05) is 26.3 Å². The molecule has 1 unspecified atom stereocenters. The van der Waals surface area contributed by atoms with Crippen molar-refractivity contribution in [3.63, 3.8) is 0 Å². The summed E-state index contributed by atoms with van der Waals surface area (Å²) in [5, 5.41) is 13.1. The highest BCUT2D eigenvalue weighted by atomic mass is 16.5. The number of hydrogen-bond donors (Lipinski definition) is 0. The lowest BCUT2D eigenvalue weighted by molar-refractivity contribution is 0.00905. The maximum Gasteiger partial charge on any atom is 0.274 e. The van der Waals surface area contributed by atoms with Crippen LogP contribution < -0.4 is 0 Å². The van der Waals surface area contributed by atoms with Gasteiger partial charge in [0.1, 0.15) is 5.69 Å². The van der Waals surface area contributed by atoms with Gasteiger partial charge in [-0.3, -0.25) is 9.48 Å². The minimum atomic E-state index is -0.113. The number of hydrogen-bond acceptors (Lipinski definition) is 6. The quantitative estimate of drug-likeness (QED) is 0.643. The molecule has 2 aromatic heterocycles. The third-order valence-corrected chi connectivity index (χ3v) is 6.64. The first-order valence-corrected chi connectivity index (χ1v) is 10.9. The number of nitrogens with zero attached hydrogens (tertiary/aromatic N) is 5. The van der Waals surface area contributed by atoms with E-state index in [1.807, 2.05) is 49.2 Å². The van der Waals surface area contributed by atoms with Crippen LogP contribution in [0.1, 0.15) is 47.6 Å². The van der Waals surface area contributed by atoms with Crippen molar-refractivity contribution in [1.29, 1.82) is 0 Å². The highest BCUT2D eigenvalue weighted by Crippen LogP contribution is 2.49. The van der Waals surface area contributed by atoms with Crippen LogP contribution in [0.25, 0.3) is 11.5 Å². The monoisotopic (exact) mass is 421 g/mol. The van der Waals surface area contributed by atoms with Crippen molar-refractivity contribution in [3.8, 4) is 11.5 Å². The van der Waals surface area contributed by atoms with Crippen molar-refractivity contribution in [2.45, 2.75) is 39.2 Å². The molecule has 3 aromatic rings. The van der Waals surface area contributed by atoms with Crippen LogP contribution in [-0.2, 0) is 11.3 Å². The minimum absolute atomic E-state index is 0.0136. The maximum absolute atomic E-state index is 13.2. The molecule has 4 heterocycles. The van der Waals surface area contributed by atoms with Crippen LogP contribution in [0.15, 0.2) is 40.9 Å². The van der Waals surface area contributed by atoms with Gasteiger partial charge in [0.25, 0.3) is 5.91 Å². The Bertz CT molecular complexity index is 1070. The molecule has 0 radical (unpaired) electrons. The number of amides is 1. The Morgan fingerprint density at radius 3 is 2.65 bits per heavy atom. The van der Waals surface area contributed by atoms with Gasteiger partial charge in [-0.05, 0) is 44.9 Å². The molecule has 1 aromatic carbocycles. The van der Waals surface area contributed by atoms with E-state index in [4.69, 9.17) is 9.15 Å². The standard InChI is InChI=1S/C23H27N5O3/c1-3-28-11-8-19(26-28)22(29)27-14-18(23(15-27)9-12-30-13-10-23)21-25-24-20(31-21)17-6-4-16(2)5-7-17/h4-8,11,18H,3,9-10,12-15H2,1-2H3. The maximum atomic E-state index is 13.2. The van der Waals surface area contributed by atoms with E-state index in [2.05, 4.69) is 15.3 Å². The largest absolute Gasteiger partial charge is 0.420 e. The Labute approximate surface area is 181 Å².